The van der Waals surface area contributed by atoms with Crippen LogP contribution in [0.5, 0.6) is 0 Å². The van der Waals surface area contributed by atoms with E-state index in [1.54, 1.807) is 24.1 Å². The quantitative estimate of drug-likeness (QED) is 0.838. The van der Waals surface area contributed by atoms with Crippen LogP contribution in [0.2, 0.25) is 0 Å². The molecule has 0 spiro atoms. The first-order valence-electron chi connectivity index (χ1n) is 6.83. The van der Waals surface area contributed by atoms with Crippen molar-refractivity contribution >= 4 is 28.3 Å². The van der Waals surface area contributed by atoms with E-state index in [-0.39, 0.29) is 18.4 Å². The van der Waals surface area contributed by atoms with E-state index in [9.17, 15) is 9.59 Å². The molecule has 0 heterocycles. The van der Waals surface area contributed by atoms with Crippen molar-refractivity contribution in [3.05, 3.63) is 42.0 Å². The summed E-state index contributed by atoms with van der Waals surface area (Å²) in [4.78, 5) is 25.4. The Labute approximate surface area is 123 Å². The van der Waals surface area contributed by atoms with Gasteiger partial charge in [-0.2, -0.15) is 0 Å². The molecule has 3 N–H and O–H groups in total. The van der Waals surface area contributed by atoms with E-state index in [1.807, 2.05) is 31.2 Å². The maximum Gasteiger partial charge on any atom is 0.253 e. The third-order valence-electron chi connectivity index (χ3n) is 3.46. The van der Waals surface area contributed by atoms with Gasteiger partial charge in [-0.05, 0) is 29.8 Å². The van der Waals surface area contributed by atoms with Crippen LogP contribution in [0.15, 0.2) is 36.4 Å². The average molecular weight is 285 g/mol. The average Bonchev–Trinajstić information content (AvgIpc) is 2.50. The number of nitrogens with zero attached hydrogens (tertiary/aromatic N) is 1. The van der Waals surface area contributed by atoms with Crippen LogP contribution in [-0.2, 0) is 4.79 Å². The molecular weight excluding hydrogens is 266 g/mol. The summed E-state index contributed by atoms with van der Waals surface area (Å²) in [5.41, 5.74) is 6.72. The molecule has 0 unspecified atom stereocenters. The Kier molecular flexibility index (Phi) is 4.42. The smallest absolute Gasteiger partial charge is 0.253 e. The molecule has 0 radical (unpaired) electrons. The zero-order valence-corrected chi connectivity index (χ0v) is 12.2. The molecule has 0 fully saturated rings. The van der Waals surface area contributed by atoms with E-state index in [0.29, 0.717) is 17.8 Å². The number of carbonyl (C=O) groups is 2. The lowest BCUT2D eigenvalue weighted by Crippen LogP contribution is -2.38. The number of anilines is 1. The van der Waals surface area contributed by atoms with Gasteiger partial charge in [-0.15, -0.1) is 0 Å². The van der Waals surface area contributed by atoms with Crippen LogP contribution in [0.25, 0.3) is 10.8 Å². The van der Waals surface area contributed by atoms with E-state index < -0.39 is 0 Å². The Hall–Kier alpha value is -2.56. The molecule has 5 nitrogen and oxygen atoms in total. The Morgan fingerprint density at radius 3 is 2.43 bits per heavy atom. The normalized spacial score (nSPS) is 10.4. The van der Waals surface area contributed by atoms with Gasteiger partial charge in [0.2, 0.25) is 5.91 Å². The minimum absolute atomic E-state index is 0.0323. The molecule has 0 saturated heterocycles. The molecule has 0 saturated carbocycles. The van der Waals surface area contributed by atoms with Gasteiger partial charge in [-0.25, -0.2) is 0 Å². The standard InChI is InChI=1S/C16H19N3O2/c1-3-19(2)15(20)10-18-16(21)13-8-11-6-4-5-7-12(11)9-14(13)17/h4-9H,3,10,17H2,1-2H3,(H,18,21). The molecule has 2 amide bonds. The van der Waals surface area contributed by atoms with Crippen molar-refractivity contribution in [2.45, 2.75) is 6.92 Å². The van der Waals surface area contributed by atoms with E-state index in [1.165, 1.54) is 0 Å². The molecule has 0 aliphatic carbocycles. The second-order valence-electron chi connectivity index (χ2n) is 4.88. The number of likely N-dealkylation sites (N-methyl/N-ethyl adjacent to an activating group) is 1. The number of nitrogen functional groups attached to an aromatic ring is 1. The number of hydrogen-bond donors (Lipinski definition) is 2. The van der Waals surface area contributed by atoms with Gasteiger partial charge in [0.05, 0.1) is 12.1 Å². The number of carbonyl (C=O) groups excluding carboxylic acids is 2. The Morgan fingerprint density at radius 2 is 1.81 bits per heavy atom. The number of nitrogens with two attached hydrogens (primary N) is 1. The van der Waals surface area contributed by atoms with E-state index in [4.69, 9.17) is 5.73 Å². The highest BCUT2D eigenvalue weighted by Gasteiger charge is 2.13. The lowest BCUT2D eigenvalue weighted by molar-refractivity contribution is -0.128. The summed E-state index contributed by atoms with van der Waals surface area (Å²) in [5, 5.41) is 4.53. The summed E-state index contributed by atoms with van der Waals surface area (Å²) in [7, 11) is 1.69. The van der Waals surface area contributed by atoms with Crippen LogP contribution in [0.1, 0.15) is 17.3 Å². The zero-order chi connectivity index (χ0) is 15.4. The van der Waals surface area contributed by atoms with Crippen molar-refractivity contribution in [1.82, 2.24) is 10.2 Å². The number of nitrogens with one attached hydrogen (secondary N) is 1. The van der Waals surface area contributed by atoms with Crippen LogP contribution in [0.3, 0.4) is 0 Å². The second kappa shape index (κ2) is 6.26. The fourth-order valence-corrected chi connectivity index (χ4v) is 2.02. The van der Waals surface area contributed by atoms with Gasteiger partial charge in [0.25, 0.3) is 5.91 Å². The predicted octanol–water partition coefficient (Wildman–Crippen LogP) is 1.63. The monoisotopic (exact) mass is 285 g/mol. The molecule has 2 aromatic rings. The molecule has 0 aliphatic rings. The van der Waals surface area contributed by atoms with Crippen molar-refractivity contribution in [1.29, 1.82) is 0 Å². The van der Waals surface area contributed by atoms with Crippen molar-refractivity contribution in [3.8, 4) is 0 Å². The zero-order valence-electron chi connectivity index (χ0n) is 12.2. The topological polar surface area (TPSA) is 75.4 Å². The SMILES string of the molecule is CCN(C)C(=O)CNC(=O)c1cc2ccccc2cc1N. The Balaban J connectivity index is 2.16. The second-order valence-corrected chi connectivity index (χ2v) is 4.88. The Morgan fingerprint density at radius 1 is 1.19 bits per heavy atom. The molecule has 0 bridgehead atoms. The Bertz CT molecular complexity index is 682. The van der Waals surface area contributed by atoms with Crippen LogP contribution in [-0.4, -0.2) is 36.9 Å². The number of rotatable bonds is 4. The first kappa shape index (κ1) is 14.8. The maximum absolute atomic E-state index is 12.2. The molecule has 0 atom stereocenters. The van der Waals surface area contributed by atoms with Crippen LogP contribution in [0.4, 0.5) is 5.69 Å². The lowest BCUT2D eigenvalue weighted by atomic mass is 10.0. The third-order valence-corrected chi connectivity index (χ3v) is 3.46. The maximum atomic E-state index is 12.2. The van der Waals surface area contributed by atoms with Crippen LogP contribution < -0.4 is 11.1 Å². The molecule has 0 aliphatic heterocycles. The van der Waals surface area contributed by atoms with Gasteiger partial charge in [0.15, 0.2) is 0 Å². The molecule has 110 valence electrons. The summed E-state index contributed by atoms with van der Waals surface area (Å²) in [6.07, 6.45) is 0. The minimum atomic E-state index is -0.337. The minimum Gasteiger partial charge on any atom is -0.398 e. The van der Waals surface area contributed by atoms with Crippen molar-refractivity contribution in [2.75, 3.05) is 25.9 Å². The van der Waals surface area contributed by atoms with Crippen molar-refractivity contribution < 1.29 is 9.59 Å². The number of fused-ring (bicyclic) bond motifs is 1. The van der Waals surface area contributed by atoms with Gasteiger partial charge in [-0.3, -0.25) is 9.59 Å². The van der Waals surface area contributed by atoms with E-state index in [2.05, 4.69) is 5.32 Å². The highest BCUT2D eigenvalue weighted by atomic mass is 16.2. The summed E-state index contributed by atoms with van der Waals surface area (Å²) in [6.45, 7) is 2.45. The highest BCUT2D eigenvalue weighted by Crippen LogP contribution is 2.21. The summed E-state index contributed by atoms with van der Waals surface area (Å²) < 4.78 is 0. The third kappa shape index (κ3) is 3.31. The van der Waals surface area contributed by atoms with Crippen LogP contribution in [0, 0.1) is 0 Å². The lowest BCUT2D eigenvalue weighted by Gasteiger charge is -2.15. The summed E-state index contributed by atoms with van der Waals surface area (Å²) in [5.74, 6) is -0.471. The van der Waals surface area contributed by atoms with Gasteiger partial charge >= 0.3 is 0 Å². The first-order chi connectivity index (χ1) is 10.0. The summed E-state index contributed by atoms with van der Waals surface area (Å²) >= 11 is 0. The predicted molar refractivity (Wildman–Crippen MR) is 84.0 cm³/mol. The molecule has 21 heavy (non-hydrogen) atoms. The van der Waals surface area contributed by atoms with Gasteiger partial charge in [0, 0.05) is 19.3 Å². The number of hydrogen-bond acceptors (Lipinski definition) is 3. The van der Waals surface area contributed by atoms with Gasteiger partial charge in [-0.1, -0.05) is 24.3 Å². The van der Waals surface area contributed by atoms with Crippen molar-refractivity contribution in [2.24, 2.45) is 0 Å². The number of benzene rings is 2. The van der Waals surface area contributed by atoms with Gasteiger partial charge in [0.1, 0.15) is 0 Å². The fraction of sp³-hybridized carbons (Fsp3) is 0.250. The van der Waals surface area contributed by atoms with E-state index >= 15 is 0 Å². The molecule has 2 rings (SSSR count). The first-order valence-corrected chi connectivity index (χ1v) is 6.83. The fourth-order valence-electron chi connectivity index (χ4n) is 2.02. The number of amides is 2. The largest absolute Gasteiger partial charge is 0.398 e. The van der Waals surface area contributed by atoms with E-state index in [0.717, 1.165) is 10.8 Å². The molecular formula is C16H19N3O2. The molecule has 5 heteroatoms. The molecule has 0 aromatic heterocycles. The van der Waals surface area contributed by atoms with Crippen LogP contribution >= 0.6 is 0 Å². The summed E-state index contributed by atoms with van der Waals surface area (Å²) in [6, 6.07) is 11.2. The molecule has 2 aromatic carbocycles. The highest BCUT2D eigenvalue weighted by molar-refractivity contribution is 6.04. The van der Waals surface area contributed by atoms with Gasteiger partial charge < -0.3 is 16.0 Å². The van der Waals surface area contributed by atoms with Crippen molar-refractivity contribution in [3.63, 3.8) is 0 Å².